The molecule has 0 amide bonds. The highest BCUT2D eigenvalue weighted by Gasteiger charge is 2.63. The van der Waals surface area contributed by atoms with Crippen LogP contribution >= 0.6 is 0 Å². The van der Waals surface area contributed by atoms with Crippen LogP contribution in [0.1, 0.15) is 73.1 Å². The summed E-state index contributed by atoms with van der Waals surface area (Å²) in [6, 6.07) is 0. The smallest absolute Gasteiger partial charge is 0.0154 e. The highest BCUT2D eigenvalue weighted by atomic mass is 14.8. The van der Waals surface area contributed by atoms with Crippen LogP contribution in [0.15, 0.2) is 0 Å². The zero-order valence-electron chi connectivity index (χ0n) is 13.0. The first-order valence-corrected chi connectivity index (χ1v) is 7.86. The average molecular weight is 249 g/mol. The monoisotopic (exact) mass is 249 g/mol. The number of hydrogen-bond donors (Lipinski definition) is 1. The third-order valence-corrected chi connectivity index (χ3v) is 7.02. The Morgan fingerprint density at radius 3 is 1.67 bits per heavy atom. The predicted octanol–water partition coefficient (Wildman–Crippen LogP) is 4.36. The van der Waals surface area contributed by atoms with Crippen molar-refractivity contribution in [1.82, 2.24) is 0 Å². The van der Waals surface area contributed by atoms with Gasteiger partial charge in [0, 0.05) is 5.54 Å². The van der Waals surface area contributed by atoms with E-state index >= 15 is 0 Å². The maximum absolute atomic E-state index is 6.64. The van der Waals surface area contributed by atoms with E-state index in [1.807, 2.05) is 0 Å². The van der Waals surface area contributed by atoms with Crippen LogP contribution in [0.4, 0.5) is 0 Å². The molecule has 2 unspecified atom stereocenters. The van der Waals surface area contributed by atoms with Gasteiger partial charge in [-0.25, -0.2) is 0 Å². The minimum atomic E-state index is 0.00125. The Hall–Kier alpha value is -0.0400. The van der Waals surface area contributed by atoms with Crippen molar-refractivity contribution in [2.75, 3.05) is 0 Å². The van der Waals surface area contributed by atoms with Crippen LogP contribution in [-0.4, -0.2) is 5.54 Å². The Morgan fingerprint density at radius 2 is 1.28 bits per heavy atom. The van der Waals surface area contributed by atoms with E-state index in [0.717, 1.165) is 11.8 Å². The molecule has 18 heavy (non-hydrogen) atoms. The van der Waals surface area contributed by atoms with E-state index in [1.54, 1.807) is 0 Å². The van der Waals surface area contributed by atoms with Gasteiger partial charge < -0.3 is 5.73 Å². The molecular formula is C17H31N. The minimum absolute atomic E-state index is 0.00125. The molecule has 4 bridgehead atoms. The molecule has 4 saturated carbocycles. The maximum atomic E-state index is 6.64. The van der Waals surface area contributed by atoms with Gasteiger partial charge >= 0.3 is 0 Å². The van der Waals surface area contributed by atoms with E-state index in [4.69, 9.17) is 5.73 Å². The molecule has 0 aromatic heterocycles. The molecule has 1 nitrogen and oxygen atoms in total. The maximum Gasteiger partial charge on any atom is 0.0154 e. The summed E-state index contributed by atoms with van der Waals surface area (Å²) < 4.78 is 0. The first-order chi connectivity index (χ1) is 8.07. The predicted molar refractivity (Wildman–Crippen MR) is 77.3 cm³/mol. The summed E-state index contributed by atoms with van der Waals surface area (Å²) in [6.45, 7) is 12.0. The van der Waals surface area contributed by atoms with Crippen LogP contribution in [0.2, 0.25) is 0 Å². The van der Waals surface area contributed by atoms with Crippen LogP contribution in [0, 0.1) is 28.1 Å². The van der Waals surface area contributed by atoms with E-state index in [1.165, 1.54) is 38.5 Å². The van der Waals surface area contributed by atoms with E-state index in [0.29, 0.717) is 16.2 Å². The topological polar surface area (TPSA) is 26.0 Å². The van der Waals surface area contributed by atoms with E-state index in [2.05, 4.69) is 34.6 Å². The van der Waals surface area contributed by atoms with Gasteiger partial charge in [-0.3, -0.25) is 0 Å². The molecule has 0 radical (unpaired) electrons. The van der Waals surface area contributed by atoms with Crippen LogP contribution in [-0.2, 0) is 0 Å². The number of nitrogens with two attached hydrogens (primary N) is 1. The average Bonchev–Trinajstić information content (AvgIpc) is 2.11. The summed E-state index contributed by atoms with van der Waals surface area (Å²) in [4.78, 5) is 0. The zero-order chi connectivity index (χ0) is 13.4. The molecule has 0 spiro atoms. The molecule has 4 rings (SSSR count). The summed E-state index contributed by atoms with van der Waals surface area (Å²) >= 11 is 0. The Kier molecular flexibility index (Phi) is 2.41. The van der Waals surface area contributed by atoms with Crippen LogP contribution in [0.25, 0.3) is 0 Å². The molecule has 1 heteroatoms. The van der Waals surface area contributed by atoms with Crippen LogP contribution in [0.5, 0.6) is 0 Å². The van der Waals surface area contributed by atoms with Gasteiger partial charge in [0.1, 0.15) is 0 Å². The second kappa shape index (κ2) is 3.34. The van der Waals surface area contributed by atoms with E-state index < -0.39 is 0 Å². The standard InChI is InChI=1S/C17H31N/c1-14(2,3)16-7-12-6-13(8-16)10-17(9-12,11-16)15(4,5)18/h12-13H,6-11,18H2,1-5H3. The fourth-order valence-electron chi connectivity index (χ4n) is 5.89. The Balaban J connectivity index is 2.03. The lowest BCUT2D eigenvalue weighted by Gasteiger charge is -2.69. The van der Waals surface area contributed by atoms with Gasteiger partial charge in [-0.2, -0.15) is 0 Å². The lowest BCUT2D eigenvalue weighted by atomic mass is 9.37. The normalized spacial score (nSPS) is 47.7. The fourth-order valence-corrected chi connectivity index (χ4v) is 5.89. The molecule has 0 saturated heterocycles. The summed E-state index contributed by atoms with van der Waals surface area (Å²) in [5.74, 6) is 1.93. The van der Waals surface area contributed by atoms with E-state index in [-0.39, 0.29) is 5.54 Å². The second-order valence-electron chi connectivity index (χ2n) is 9.49. The van der Waals surface area contributed by atoms with Gasteiger partial charge in [-0.15, -0.1) is 0 Å². The third-order valence-electron chi connectivity index (χ3n) is 7.02. The van der Waals surface area contributed by atoms with Crippen LogP contribution in [0.3, 0.4) is 0 Å². The van der Waals surface area contributed by atoms with Gasteiger partial charge in [0.05, 0.1) is 0 Å². The van der Waals surface area contributed by atoms with Crippen molar-refractivity contribution < 1.29 is 0 Å². The SMILES string of the molecule is CC(C)(C)C12CC3CC(C1)CC(C(C)(C)N)(C3)C2. The molecule has 4 aliphatic carbocycles. The largest absolute Gasteiger partial charge is 0.325 e. The molecule has 2 atom stereocenters. The summed E-state index contributed by atoms with van der Waals surface area (Å²) in [7, 11) is 0. The molecule has 0 heterocycles. The van der Waals surface area contributed by atoms with Crippen molar-refractivity contribution >= 4 is 0 Å². The highest BCUT2D eigenvalue weighted by Crippen LogP contribution is 2.71. The Bertz CT molecular complexity index is 309. The first kappa shape index (κ1) is 13.0. The zero-order valence-corrected chi connectivity index (χ0v) is 13.0. The highest BCUT2D eigenvalue weighted by molar-refractivity contribution is 5.15. The van der Waals surface area contributed by atoms with Crippen molar-refractivity contribution in [2.45, 2.75) is 78.7 Å². The minimum Gasteiger partial charge on any atom is -0.325 e. The van der Waals surface area contributed by atoms with Gasteiger partial charge in [0.2, 0.25) is 0 Å². The van der Waals surface area contributed by atoms with Crippen molar-refractivity contribution in [3.63, 3.8) is 0 Å². The number of rotatable bonds is 1. The van der Waals surface area contributed by atoms with Crippen molar-refractivity contribution in [3.05, 3.63) is 0 Å². The van der Waals surface area contributed by atoms with Gasteiger partial charge in [0.15, 0.2) is 0 Å². The quantitative estimate of drug-likeness (QED) is 0.734. The molecule has 2 N–H and O–H groups in total. The Morgan fingerprint density at radius 1 is 0.833 bits per heavy atom. The van der Waals surface area contributed by atoms with Crippen molar-refractivity contribution in [2.24, 2.45) is 33.8 Å². The summed E-state index contributed by atoms with van der Waals surface area (Å²) in [5.41, 5.74) is 8.10. The Labute approximate surface area is 113 Å². The third kappa shape index (κ3) is 1.55. The van der Waals surface area contributed by atoms with Gasteiger partial charge in [-0.1, -0.05) is 20.8 Å². The number of hydrogen-bond acceptors (Lipinski definition) is 1. The van der Waals surface area contributed by atoms with Gasteiger partial charge in [0.25, 0.3) is 0 Å². The molecule has 0 aromatic carbocycles. The first-order valence-electron chi connectivity index (χ1n) is 7.86. The fraction of sp³-hybridized carbons (Fsp3) is 1.00. The molecule has 0 aromatic rings. The van der Waals surface area contributed by atoms with Crippen LogP contribution < -0.4 is 5.73 Å². The molecule has 4 aliphatic rings. The van der Waals surface area contributed by atoms with Crippen molar-refractivity contribution in [3.8, 4) is 0 Å². The van der Waals surface area contributed by atoms with Crippen molar-refractivity contribution in [1.29, 1.82) is 0 Å². The molecule has 4 fully saturated rings. The summed E-state index contributed by atoms with van der Waals surface area (Å²) in [6.07, 6.45) is 8.65. The van der Waals surface area contributed by atoms with Gasteiger partial charge in [-0.05, 0) is 80.5 Å². The summed E-state index contributed by atoms with van der Waals surface area (Å²) in [5, 5.41) is 0. The lowest BCUT2D eigenvalue weighted by Crippen LogP contribution is -2.64. The molecule has 0 aliphatic heterocycles. The van der Waals surface area contributed by atoms with E-state index in [9.17, 15) is 0 Å². The lowest BCUT2D eigenvalue weighted by molar-refractivity contribution is -0.177. The molecule has 104 valence electrons. The second-order valence-corrected chi connectivity index (χ2v) is 9.49. The molecular weight excluding hydrogens is 218 g/mol.